The smallest absolute Gasteiger partial charge is 0.237 e. The molecule has 3 N–H and O–H groups in total. The van der Waals surface area contributed by atoms with Crippen molar-refractivity contribution in [1.82, 2.24) is 19.8 Å². The molecule has 0 spiro atoms. The first-order valence-corrected chi connectivity index (χ1v) is 6.91. The van der Waals surface area contributed by atoms with E-state index in [9.17, 15) is 9.59 Å². The molecule has 0 bridgehead atoms. The van der Waals surface area contributed by atoms with E-state index in [4.69, 9.17) is 5.73 Å². The number of amides is 2. The minimum atomic E-state index is -0.459. The number of aryl methyl sites for hydroxylation is 1. The summed E-state index contributed by atoms with van der Waals surface area (Å²) in [5.74, 6) is -0.482. The van der Waals surface area contributed by atoms with Crippen LogP contribution in [0.25, 0.3) is 0 Å². The van der Waals surface area contributed by atoms with Crippen LogP contribution in [0.2, 0.25) is 0 Å². The Morgan fingerprint density at radius 3 is 2.75 bits per heavy atom. The lowest BCUT2D eigenvalue weighted by Crippen LogP contribution is -2.49. The first-order valence-electron chi connectivity index (χ1n) is 6.91. The van der Waals surface area contributed by atoms with Gasteiger partial charge in [0, 0.05) is 31.4 Å². The number of nitrogens with one attached hydrogen (secondary N) is 1. The normalized spacial score (nSPS) is 16.0. The van der Waals surface area contributed by atoms with Crippen LogP contribution in [-0.2, 0) is 16.1 Å². The zero-order valence-electron chi connectivity index (χ0n) is 11.5. The Morgan fingerprint density at radius 2 is 2.15 bits per heavy atom. The third-order valence-electron chi connectivity index (χ3n) is 3.54. The third kappa shape index (κ3) is 4.06. The van der Waals surface area contributed by atoms with Crippen molar-refractivity contribution >= 4 is 11.8 Å². The molecule has 1 aliphatic heterocycles. The lowest BCUT2D eigenvalue weighted by molar-refractivity contribution is -0.138. The minimum absolute atomic E-state index is 0.00737. The molecule has 1 aliphatic rings. The maximum absolute atomic E-state index is 12.3. The molecule has 7 heteroatoms. The van der Waals surface area contributed by atoms with E-state index in [1.807, 2.05) is 10.8 Å². The van der Waals surface area contributed by atoms with E-state index >= 15 is 0 Å². The molecule has 20 heavy (non-hydrogen) atoms. The number of carbonyl (C=O) groups is 2. The maximum atomic E-state index is 12.3. The highest BCUT2D eigenvalue weighted by atomic mass is 16.2. The lowest BCUT2D eigenvalue weighted by atomic mass is 10.0. The number of primary amides is 1. The summed E-state index contributed by atoms with van der Waals surface area (Å²) in [7, 11) is 0. The van der Waals surface area contributed by atoms with Gasteiger partial charge in [-0.15, -0.1) is 0 Å². The summed E-state index contributed by atoms with van der Waals surface area (Å²) in [6, 6.07) is 0.110. The van der Waals surface area contributed by atoms with E-state index < -0.39 is 5.91 Å². The van der Waals surface area contributed by atoms with Crippen molar-refractivity contribution in [3.05, 3.63) is 18.7 Å². The van der Waals surface area contributed by atoms with Gasteiger partial charge in [0.05, 0.1) is 12.9 Å². The van der Waals surface area contributed by atoms with E-state index in [0.717, 1.165) is 25.9 Å². The number of aromatic nitrogens is 2. The Hall–Kier alpha value is -1.89. The van der Waals surface area contributed by atoms with Gasteiger partial charge in [0.1, 0.15) is 0 Å². The van der Waals surface area contributed by atoms with Crippen molar-refractivity contribution in [2.75, 3.05) is 19.6 Å². The molecule has 7 nitrogen and oxygen atoms in total. The van der Waals surface area contributed by atoms with Crippen LogP contribution >= 0.6 is 0 Å². The molecule has 0 radical (unpaired) electrons. The van der Waals surface area contributed by atoms with Crippen LogP contribution in [0, 0.1) is 0 Å². The van der Waals surface area contributed by atoms with Crippen LogP contribution in [0.5, 0.6) is 0 Å². The van der Waals surface area contributed by atoms with Crippen LogP contribution < -0.4 is 11.1 Å². The average molecular weight is 279 g/mol. The lowest BCUT2D eigenvalue weighted by Gasteiger charge is -2.34. The summed E-state index contributed by atoms with van der Waals surface area (Å²) < 4.78 is 1.85. The molecule has 2 rings (SSSR count). The molecule has 110 valence electrons. The zero-order valence-corrected chi connectivity index (χ0v) is 11.5. The monoisotopic (exact) mass is 279 g/mol. The molecule has 1 aromatic rings. The largest absolute Gasteiger partial charge is 0.368 e. The van der Waals surface area contributed by atoms with Gasteiger partial charge < -0.3 is 20.5 Å². The maximum Gasteiger partial charge on any atom is 0.237 e. The van der Waals surface area contributed by atoms with Gasteiger partial charge in [-0.05, 0) is 25.9 Å². The SMILES string of the molecule is NC(=O)CN(C(=O)CCn1ccnc1)C1CCNCC1. The Balaban J connectivity index is 1.93. The zero-order chi connectivity index (χ0) is 14.4. The highest BCUT2D eigenvalue weighted by Gasteiger charge is 2.26. The Morgan fingerprint density at radius 1 is 1.40 bits per heavy atom. The molecule has 0 unspecified atom stereocenters. The minimum Gasteiger partial charge on any atom is -0.368 e. The number of carbonyl (C=O) groups excluding carboxylic acids is 2. The number of piperidine rings is 1. The Bertz CT molecular complexity index is 440. The summed E-state index contributed by atoms with van der Waals surface area (Å²) >= 11 is 0. The van der Waals surface area contributed by atoms with Gasteiger partial charge in [-0.2, -0.15) is 0 Å². The van der Waals surface area contributed by atoms with Crippen molar-refractivity contribution in [1.29, 1.82) is 0 Å². The highest BCUT2D eigenvalue weighted by molar-refractivity contribution is 5.84. The van der Waals surface area contributed by atoms with Gasteiger partial charge in [-0.1, -0.05) is 0 Å². The van der Waals surface area contributed by atoms with E-state index in [-0.39, 0.29) is 18.5 Å². The molecule has 1 fully saturated rings. The summed E-state index contributed by atoms with van der Waals surface area (Å²) in [5.41, 5.74) is 5.26. The van der Waals surface area contributed by atoms with Gasteiger partial charge in [-0.3, -0.25) is 9.59 Å². The van der Waals surface area contributed by atoms with E-state index in [1.54, 1.807) is 17.4 Å². The molecule has 0 aliphatic carbocycles. The van der Waals surface area contributed by atoms with Crippen LogP contribution in [0.3, 0.4) is 0 Å². The van der Waals surface area contributed by atoms with Crippen LogP contribution in [-0.4, -0.2) is 51.9 Å². The van der Waals surface area contributed by atoms with Gasteiger partial charge >= 0.3 is 0 Å². The molecule has 0 aromatic carbocycles. The molecular weight excluding hydrogens is 258 g/mol. The van der Waals surface area contributed by atoms with Crippen molar-refractivity contribution in [3.63, 3.8) is 0 Å². The first-order chi connectivity index (χ1) is 9.66. The van der Waals surface area contributed by atoms with Gasteiger partial charge in [0.2, 0.25) is 11.8 Å². The summed E-state index contributed by atoms with van der Waals surface area (Å²) in [6.45, 7) is 2.32. The van der Waals surface area contributed by atoms with Gasteiger partial charge in [0.25, 0.3) is 0 Å². The predicted octanol–water partition coefficient (Wildman–Crippen LogP) is -0.661. The second-order valence-corrected chi connectivity index (χ2v) is 5.02. The third-order valence-corrected chi connectivity index (χ3v) is 3.54. The van der Waals surface area contributed by atoms with Crippen molar-refractivity contribution in [3.8, 4) is 0 Å². The number of nitrogens with two attached hydrogens (primary N) is 1. The molecule has 0 saturated carbocycles. The van der Waals surface area contributed by atoms with Crippen LogP contribution in [0.15, 0.2) is 18.7 Å². The summed E-state index contributed by atoms with van der Waals surface area (Å²) in [4.78, 5) is 29.1. The average Bonchev–Trinajstić information content (AvgIpc) is 2.96. The summed E-state index contributed by atoms with van der Waals surface area (Å²) in [6.07, 6.45) is 7.26. The van der Waals surface area contributed by atoms with Crippen LogP contribution in [0.4, 0.5) is 0 Å². The van der Waals surface area contributed by atoms with Crippen molar-refractivity contribution < 1.29 is 9.59 Å². The van der Waals surface area contributed by atoms with Crippen molar-refractivity contribution in [2.45, 2.75) is 31.8 Å². The number of imidazole rings is 1. The topological polar surface area (TPSA) is 93.3 Å². The van der Waals surface area contributed by atoms with Gasteiger partial charge in [0.15, 0.2) is 0 Å². The molecule has 0 atom stereocenters. The van der Waals surface area contributed by atoms with Crippen molar-refractivity contribution in [2.24, 2.45) is 5.73 Å². The highest BCUT2D eigenvalue weighted by Crippen LogP contribution is 2.13. The van der Waals surface area contributed by atoms with E-state index in [0.29, 0.717) is 13.0 Å². The standard InChI is InChI=1S/C13H21N5O2/c14-12(19)9-18(11-1-4-15-5-2-11)13(20)3-7-17-8-6-16-10-17/h6,8,10-11,15H,1-5,7,9H2,(H2,14,19). The summed E-state index contributed by atoms with van der Waals surface area (Å²) in [5, 5.41) is 3.25. The van der Waals surface area contributed by atoms with E-state index in [1.165, 1.54) is 0 Å². The fourth-order valence-corrected chi connectivity index (χ4v) is 2.49. The van der Waals surface area contributed by atoms with Crippen LogP contribution in [0.1, 0.15) is 19.3 Å². The molecular formula is C13H21N5O2. The Kier molecular flexibility index (Phi) is 5.11. The molecule has 1 aromatic heterocycles. The quantitative estimate of drug-likeness (QED) is 0.723. The first kappa shape index (κ1) is 14.5. The number of rotatable bonds is 6. The number of nitrogens with zero attached hydrogens (tertiary/aromatic N) is 3. The van der Waals surface area contributed by atoms with E-state index in [2.05, 4.69) is 10.3 Å². The second kappa shape index (κ2) is 7.04. The fraction of sp³-hybridized carbons (Fsp3) is 0.615. The Labute approximate surface area is 118 Å². The second-order valence-electron chi connectivity index (χ2n) is 5.02. The molecule has 2 amide bonds. The molecule has 2 heterocycles. The van der Waals surface area contributed by atoms with Gasteiger partial charge in [-0.25, -0.2) is 4.98 Å². The number of hydrogen-bond donors (Lipinski definition) is 2. The number of hydrogen-bond acceptors (Lipinski definition) is 4. The molecule has 1 saturated heterocycles. The fourth-order valence-electron chi connectivity index (χ4n) is 2.49. The predicted molar refractivity (Wildman–Crippen MR) is 73.6 cm³/mol.